The molecule has 0 unspecified atom stereocenters. The van der Waals surface area contributed by atoms with Crippen LogP contribution in [0.5, 0.6) is 0 Å². The summed E-state index contributed by atoms with van der Waals surface area (Å²) in [5, 5.41) is 2.29. The van der Waals surface area contributed by atoms with Gasteiger partial charge in [0.2, 0.25) is 15.9 Å². The minimum absolute atomic E-state index is 0.0215. The zero-order valence-corrected chi connectivity index (χ0v) is 14.6. The lowest BCUT2D eigenvalue weighted by Crippen LogP contribution is -2.31. The SMILES string of the molecule is CC(=O)c1ccc(NC(=O)CCCCNS(=O)(=O)C(C)C)cc1. The van der Waals surface area contributed by atoms with Crippen molar-refractivity contribution >= 4 is 27.4 Å². The summed E-state index contributed by atoms with van der Waals surface area (Å²) in [7, 11) is -3.24. The highest BCUT2D eigenvalue weighted by molar-refractivity contribution is 7.90. The van der Waals surface area contributed by atoms with E-state index in [9.17, 15) is 18.0 Å². The van der Waals surface area contributed by atoms with Gasteiger partial charge in [0, 0.05) is 24.2 Å². The molecule has 1 amide bonds. The highest BCUT2D eigenvalue weighted by atomic mass is 32.2. The topological polar surface area (TPSA) is 92.3 Å². The van der Waals surface area contributed by atoms with E-state index >= 15 is 0 Å². The Morgan fingerprint density at radius 3 is 2.22 bits per heavy atom. The Morgan fingerprint density at radius 2 is 1.70 bits per heavy atom. The molecule has 0 atom stereocenters. The third kappa shape index (κ3) is 6.92. The molecule has 0 saturated heterocycles. The quantitative estimate of drug-likeness (QED) is 0.533. The normalized spacial score (nSPS) is 11.5. The average Bonchev–Trinajstić information content (AvgIpc) is 2.47. The molecule has 0 aliphatic rings. The molecule has 1 aromatic carbocycles. The molecule has 23 heavy (non-hydrogen) atoms. The number of anilines is 1. The number of hydrogen-bond acceptors (Lipinski definition) is 4. The van der Waals surface area contributed by atoms with Gasteiger partial charge in [-0.2, -0.15) is 0 Å². The number of rotatable bonds is 9. The molecule has 0 heterocycles. The maximum absolute atomic E-state index is 11.8. The van der Waals surface area contributed by atoms with Gasteiger partial charge in [0.15, 0.2) is 5.78 Å². The number of carbonyl (C=O) groups is 2. The summed E-state index contributed by atoms with van der Waals surface area (Å²) < 4.78 is 25.6. The molecule has 0 saturated carbocycles. The Bertz CT molecular complexity index is 637. The molecular formula is C16H24N2O4S. The van der Waals surface area contributed by atoms with E-state index in [-0.39, 0.29) is 11.7 Å². The van der Waals surface area contributed by atoms with Crippen molar-refractivity contribution in [3.63, 3.8) is 0 Å². The third-order valence-corrected chi connectivity index (χ3v) is 5.18. The number of carbonyl (C=O) groups excluding carboxylic acids is 2. The average molecular weight is 340 g/mol. The van der Waals surface area contributed by atoms with Crippen molar-refractivity contribution in [3.05, 3.63) is 29.8 Å². The molecule has 0 aliphatic carbocycles. The maximum Gasteiger partial charge on any atom is 0.224 e. The zero-order chi connectivity index (χ0) is 17.5. The fourth-order valence-electron chi connectivity index (χ4n) is 1.80. The first-order valence-electron chi connectivity index (χ1n) is 7.61. The molecule has 0 radical (unpaired) electrons. The van der Waals surface area contributed by atoms with Crippen LogP contribution in [0.3, 0.4) is 0 Å². The standard InChI is InChI=1S/C16H24N2O4S/c1-12(2)23(21,22)17-11-5-4-6-16(20)18-15-9-7-14(8-10-15)13(3)19/h7-10,12,17H,4-6,11H2,1-3H3,(H,18,20). The van der Waals surface area contributed by atoms with E-state index in [0.717, 1.165) is 0 Å². The predicted octanol–water partition coefficient (Wildman–Crippen LogP) is 2.33. The van der Waals surface area contributed by atoms with Crippen LogP contribution in [0, 0.1) is 0 Å². The van der Waals surface area contributed by atoms with Gasteiger partial charge in [-0.3, -0.25) is 9.59 Å². The molecule has 0 aliphatic heterocycles. The summed E-state index contributed by atoms with van der Waals surface area (Å²) in [6.07, 6.45) is 1.51. The van der Waals surface area contributed by atoms with Crippen molar-refractivity contribution in [2.24, 2.45) is 0 Å². The highest BCUT2D eigenvalue weighted by Crippen LogP contribution is 2.11. The van der Waals surface area contributed by atoms with Crippen LogP contribution in [0.4, 0.5) is 5.69 Å². The molecule has 7 heteroatoms. The number of benzene rings is 1. The number of nitrogens with one attached hydrogen (secondary N) is 2. The van der Waals surface area contributed by atoms with Gasteiger partial charge in [-0.25, -0.2) is 13.1 Å². The van der Waals surface area contributed by atoms with Crippen LogP contribution in [0.2, 0.25) is 0 Å². The first-order valence-corrected chi connectivity index (χ1v) is 9.16. The van der Waals surface area contributed by atoms with Crippen LogP contribution in [-0.2, 0) is 14.8 Å². The van der Waals surface area contributed by atoms with E-state index in [0.29, 0.717) is 37.1 Å². The second-order valence-corrected chi connectivity index (χ2v) is 7.95. The first-order chi connectivity index (χ1) is 10.7. The minimum Gasteiger partial charge on any atom is -0.326 e. The molecule has 0 bridgehead atoms. The Morgan fingerprint density at radius 1 is 1.09 bits per heavy atom. The van der Waals surface area contributed by atoms with Crippen LogP contribution in [-0.4, -0.2) is 31.9 Å². The minimum atomic E-state index is -3.24. The molecular weight excluding hydrogens is 316 g/mol. The van der Waals surface area contributed by atoms with Crippen molar-refractivity contribution in [2.45, 2.75) is 45.3 Å². The van der Waals surface area contributed by atoms with Gasteiger partial charge in [0.25, 0.3) is 0 Å². The first kappa shape index (κ1) is 19.3. The highest BCUT2D eigenvalue weighted by Gasteiger charge is 2.14. The summed E-state index contributed by atoms with van der Waals surface area (Å²) in [5.41, 5.74) is 1.24. The van der Waals surface area contributed by atoms with Crippen molar-refractivity contribution in [3.8, 4) is 0 Å². The fourth-order valence-corrected chi connectivity index (χ4v) is 2.57. The van der Waals surface area contributed by atoms with Crippen LogP contribution in [0.25, 0.3) is 0 Å². The zero-order valence-electron chi connectivity index (χ0n) is 13.8. The summed E-state index contributed by atoms with van der Waals surface area (Å²) in [6.45, 7) is 5.06. The van der Waals surface area contributed by atoms with E-state index in [1.807, 2.05) is 0 Å². The van der Waals surface area contributed by atoms with Crippen LogP contribution in [0.1, 0.15) is 50.4 Å². The predicted molar refractivity (Wildman–Crippen MR) is 91.0 cm³/mol. The molecule has 0 aromatic heterocycles. The van der Waals surface area contributed by atoms with E-state index in [1.165, 1.54) is 6.92 Å². The van der Waals surface area contributed by atoms with E-state index in [2.05, 4.69) is 10.0 Å². The molecule has 1 rings (SSSR count). The lowest BCUT2D eigenvalue weighted by atomic mass is 10.1. The number of Topliss-reactive ketones (excluding diaryl/α,β-unsaturated/α-hetero) is 1. The monoisotopic (exact) mass is 340 g/mol. The van der Waals surface area contributed by atoms with E-state index < -0.39 is 15.3 Å². The molecule has 0 spiro atoms. The summed E-state index contributed by atoms with van der Waals surface area (Å²) in [4.78, 5) is 22.9. The Kier molecular flexibility index (Phi) is 7.38. The smallest absolute Gasteiger partial charge is 0.224 e. The van der Waals surface area contributed by atoms with Gasteiger partial charge < -0.3 is 5.32 Å². The number of hydrogen-bond donors (Lipinski definition) is 2. The van der Waals surface area contributed by atoms with Gasteiger partial charge >= 0.3 is 0 Å². The molecule has 128 valence electrons. The molecule has 1 aromatic rings. The second-order valence-electron chi connectivity index (χ2n) is 5.63. The lowest BCUT2D eigenvalue weighted by Gasteiger charge is -2.09. The Hall–Kier alpha value is -1.73. The largest absolute Gasteiger partial charge is 0.326 e. The van der Waals surface area contributed by atoms with Crippen molar-refractivity contribution < 1.29 is 18.0 Å². The van der Waals surface area contributed by atoms with Crippen LogP contribution < -0.4 is 10.0 Å². The van der Waals surface area contributed by atoms with Gasteiger partial charge in [-0.15, -0.1) is 0 Å². The second kappa shape index (κ2) is 8.79. The number of amides is 1. The molecule has 0 fully saturated rings. The van der Waals surface area contributed by atoms with Crippen molar-refractivity contribution in [1.82, 2.24) is 4.72 Å². The summed E-state index contributed by atoms with van der Waals surface area (Å²) in [5.74, 6) is -0.154. The molecule has 2 N–H and O–H groups in total. The molecule has 6 nitrogen and oxygen atoms in total. The van der Waals surface area contributed by atoms with Crippen LogP contribution >= 0.6 is 0 Å². The summed E-state index contributed by atoms with van der Waals surface area (Å²) >= 11 is 0. The number of sulfonamides is 1. The van der Waals surface area contributed by atoms with Crippen LogP contribution in [0.15, 0.2) is 24.3 Å². The van der Waals surface area contributed by atoms with Gasteiger partial charge in [0.05, 0.1) is 5.25 Å². The third-order valence-electron chi connectivity index (χ3n) is 3.33. The number of unbranched alkanes of at least 4 members (excludes halogenated alkanes) is 1. The Labute approximate surface area is 137 Å². The van der Waals surface area contributed by atoms with Gasteiger partial charge in [0.1, 0.15) is 0 Å². The maximum atomic E-state index is 11.8. The van der Waals surface area contributed by atoms with E-state index in [1.54, 1.807) is 38.1 Å². The fraction of sp³-hybridized carbons (Fsp3) is 0.500. The van der Waals surface area contributed by atoms with Gasteiger partial charge in [-0.1, -0.05) is 0 Å². The van der Waals surface area contributed by atoms with Crippen molar-refractivity contribution in [1.29, 1.82) is 0 Å². The van der Waals surface area contributed by atoms with Gasteiger partial charge in [-0.05, 0) is 57.9 Å². The van der Waals surface area contributed by atoms with E-state index in [4.69, 9.17) is 0 Å². The van der Waals surface area contributed by atoms with Crippen molar-refractivity contribution in [2.75, 3.05) is 11.9 Å². The Balaban J connectivity index is 2.28. The number of ketones is 1. The lowest BCUT2D eigenvalue weighted by molar-refractivity contribution is -0.116. The summed E-state index contributed by atoms with van der Waals surface area (Å²) in [6, 6.07) is 6.70.